The Bertz CT molecular complexity index is 223. The van der Waals surface area contributed by atoms with Crippen LogP contribution in [0.3, 0.4) is 0 Å². The van der Waals surface area contributed by atoms with Crippen molar-refractivity contribution in [1.82, 2.24) is 0 Å². The van der Waals surface area contributed by atoms with Crippen LogP contribution in [0, 0.1) is 11.3 Å². The summed E-state index contributed by atoms with van der Waals surface area (Å²) in [5.41, 5.74) is 0.0202. The van der Waals surface area contributed by atoms with E-state index in [2.05, 4.69) is 11.3 Å². The molecule has 0 aliphatic carbocycles. The van der Waals surface area contributed by atoms with Crippen LogP contribution in [-0.4, -0.2) is 12.6 Å². The number of carbonyl (C=O) groups is 1. The first-order valence-electron chi connectivity index (χ1n) is 3.10. The minimum Gasteiger partial charge on any atom is -0.457 e. The molecule has 0 radical (unpaired) electrons. The highest BCUT2D eigenvalue weighted by atomic mass is 16.5. The van der Waals surface area contributed by atoms with Crippen molar-refractivity contribution in [3.05, 3.63) is 24.3 Å². The lowest BCUT2D eigenvalue weighted by Crippen LogP contribution is -2.06. The molecule has 11 heavy (non-hydrogen) atoms. The van der Waals surface area contributed by atoms with Crippen molar-refractivity contribution in [1.29, 1.82) is 5.26 Å². The lowest BCUT2D eigenvalue weighted by Gasteiger charge is -1.97. The van der Waals surface area contributed by atoms with Gasteiger partial charge in [0.15, 0.2) is 0 Å². The Morgan fingerprint density at radius 1 is 1.82 bits per heavy atom. The highest BCUT2D eigenvalue weighted by Crippen LogP contribution is 1.95. The Morgan fingerprint density at radius 2 is 2.45 bits per heavy atom. The number of carbonyl (C=O) groups excluding carboxylic acids is 1. The van der Waals surface area contributed by atoms with Gasteiger partial charge in [0.05, 0.1) is 0 Å². The zero-order valence-corrected chi connectivity index (χ0v) is 6.33. The van der Waals surface area contributed by atoms with Gasteiger partial charge in [0.25, 0.3) is 0 Å². The summed E-state index contributed by atoms with van der Waals surface area (Å²) >= 11 is 0. The largest absolute Gasteiger partial charge is 0.457 e. The summed E-state index contributed by atoms with van der Waals surface area (Å²) in [6.07, 6.45) is 2.86. The maximum atomic E-state index is 10.8. The Labute approximate surface area is 65.6 Å². The second kappa shape index (κ2) is 5.24. The molecule has 0 bridgehead atoms. The van der Waals surface area contributed by atoms with E-state index < -0.39 is 5.97 Å². The summed E-state index contributed by atoms with van der Waals surface area (Å²) in [6.45, 7) is 5.11. The average molecular weight is 151 g/mol. The molecule has 0 heterocycles. The number of nitriles is 1. The number of hydrogen-bond acceptors (Lipinski definition) is 3. The molecule has 0 rings (SSSR count). The van der Waals surface area contributed by atoms with E-state index in [0.29, 0.717) is 0 Å². The SMILES string of the molecule is C=CCOC(=O)/C(C#N)=C/C. The summed E-state index contributed by atoms with van der Waals surface area (Å²) in [5, 5.41) is 8.35. The minimum absolute atomic E-state index is 0.0202. The first-order valence-corrected chi connectivity index (χ1v) is 3.10. The molecule has 0 spiro atoms. The van der Waals surface area contributed by atoms with Crippen molar-refractivity contribution in [2.24, 2.45) is 0 Å². The van der Waals surface area contributed by atoms with Crippen LogP contribution in [0.4, 0.5) is 0 Å². The molecule has 0 aromatic rings. The summed E-state index contributed by atoms with van der Waals surface area (Å²) in [6, 6.07) is 1.71. The van der Waals surface area contributed by atoms with Crippen molar-refractivity contribution in [2.45, 2.75) is 6.92 Å². The van der Waals surface area contributed by atoms with Gasteiger partial charge in [0.2, 0.25) is 0 Å². The van der Waals surface area contributed by atoms with E-state index >= 15 is 0 Å². The molecule has 58 valence electrons. The van der Waals surface area contributed by atoms with Crippen LogP contribution >= 0.6 is 0 Å². The standard InChI is InChI=1S/C8H9NO2/c1-3-5-11-8(10)7(4-2)6-9/h3-4H,1,5H2,2H3/b7-4+. The normalized spacial score (nSPS) is 10.0. The maximum absolute atomic E-state index is 10.8. The third-order valence-corrected chi connectivity index (χ3v) is 0.961. The number of esters is 1. The highest BCUT2D eigenvalue weighted by molar-refractivity contribution is 5.92. The van der Waals surface area contributed by atoms with E-state index in [9.17, 15) is 4.79 Å². The van der Waals surface area contributed by atoms with Crippen LogP contribution in [0.15, 0.2) is 24.3 Å². The van der Waals surface area contributed by atoms with Gasteiger partial charge in [-0.05, 0) is 6.92 Å². The number of ether oxygens (including phenoxy) is 1. The van der Waals surface area contributed by atoms with Crippen LogP contribution < -0.4 is 0 Å². The predicted octanol–water partition coefficient (Wildman–Crippen LogP) is 1.19. The van der Waals surface area contributed by atoms with Gasteiger partial charge < -0.3 is 4.74 Å². The van der Waals surface area contributed by atoms with Gasteiger partial charge in [0.1, 0.15) is 18.2 Å². The fourth-order valence-corrected chi connectivity index (χ4v) is 0.440. The van der Waals surface area contributed by atoms with Gasteiger partial charge in [-0.15, -0.1) is 0 Å². The van der Waals surface area contributed by atoms with Crippen molar-refractivity contribution >= 4 is 5.97 Å². The molecule has 3 heteroatoms. The monoisotopic (exact) mass is 151 g/mol. The van der Waals surface area contributed by atoms with E-state index in [1.807, 2.05) is 0 Å². The van der Waals surface area contributed by atoms with Crippen LogP contribution in [-0.2, 0) is 9.53 Å². The molecule has 0 amide bonds. The maximum Gasteiger partial charge on any atom is 0.348 e. The Morgan fingerprint density at radius 3 is 2.82 bits per heavy atom. The smallest absolute Gasteiger partial charge is 0.348 e. The predicted molar refractivity (Wildman–Crippen MR) is 40.5 cm³/mol. The van der Waals surface area contributed by atoms with E-state index in [1.165, 1.54) is 12.2 Å². The van der Waals surface area contributed by atoms with E-state index in [-0.39, 0.29) is 12.2 Å². The Kier molecular flexibility index (Phi) is 4.50. The average Bonchev–Trinajstić information content (AvgIpc) is 2.03. The van der Waals surface area contributed by atoms with Crippen LogP contribution in [0.1, 0.15) is 6.92 Å². The van der Waals surface area contributed by atoms with Crippen LogP contribution in [0.5, 0.6) is 0 Å². The van der Waals surface area contributed by atoms with Gasteiger partial charge in [-0.1, -0.05) is 18.7 Å². The molecular weight excluding hydrogens is 142 g/mol. The first kappa shape index (κ1) is 9.44. The van der Waals surface area contributed by atoms with Crippen molar-refractivity contribution in [2.75, 3.05) is 6.61 Å². The number of nitrogens with zero attached hydrogens (tertiary/aromatic N) is 1. The molecule has 0 unspecified atom stereocenters. The second-order valence-electron chi connectivity index (χ2n) is 1.70. The van der Waals surface area contributed by atoms with Crippen LogP contribution in [0.25, 0.3) is 0 Å². The molecule has 0 aliphatic heterocycles. The van der Waals surface area contributed by atoms with Gasteiger partial charge in [-0.25, -0.2) is 4.79 Å². The fourth-order valence-electron chi connectivity index (χ4n) is 0.440. The summed E-state index contributed by atoms with van der Waals surface area (Å²) in [4.78, 5) is 10.8. The zero-order valence-electron chi connectivity index (χ0n) is 6.33. The van der Waals surface area contributed by atoms with E-state index in [1.54, 1.807) is 13.0 Å². The van der Waals surface area contributed by atoms with Crippen LogP contribution in [0.2, 0.25) is 0 Å². The second-order valence-corrected chi connectivity index (χ2v) is 1.70. The molecular formula is C8H9NO2. The summed E-state index contributed by atoms with van der Waals surface area (Å²) in [5.74, 6) is -0.602. The van der Waals surface area contributed by atoms with Gasteiger partial charge in [0, 0.05) is 0 Å². The molecule has 0 saturated carbocycles. The fraction of sp³-hybridized carbons (Fsp3) is 0.250. The molecule has 3 nitrogen and oxygen atoms in total. The molecule has 0 aromatic carbocycles. The zero-order chi connectivity index (χ0) is 8.69. The molecule has 0 aromatic heterocycles. The lowest BCUT2D eigenvalue weighted by molar-refractivity contribution is -0.137. The van der Waals surface area contributed by atoms with Gasteiger partial charge in [-0.2, -0.15) is 5.26 Å². The quantitative estimate of drug-likeness (QED) is 0.263. The van der Waals surface area contributed by atoms with Gasteiger partial charge in [-0.3, -0.25) is 0 Å². The Hall–Kier alpha value is -1.56. The highest BCUT2D eigenvalue weighted by Gasteiger charge is 2.06. The van der Waals surface area contributed by atoms with Crippen molar-refractivity contribution < 1.29 is 9.53 Å². The first-order chi connectivity index (χ1) is 5.26. The third-order valence-electron chi connectivity index (χ3n) is 0.961. The van der Waals surface area contributed by atoms with Crippen molar-refractivity contribution in [3.8, 4) is 6.07 Å². The van der Waals surface area contributed by atoms with Gasteiger partial charge >= 0.3 is 5.97 Å². The minimum atomic E-state index is -0.602. The molecule has 0 fully saturated rings. The topological polar surface area (TPSA) is 50.1 Å². The van der Waals surface area contributed by atoms with E-state index in [4.69, 9.17) is 5.26 Å². The van der Waals surface area contributed by atoms with Crippen molar-refractivity contribution in [3.63, 3.8) is 0 Å². The molecule has 0 atom stereocenters. The Balaban J connectivity index is 4.04. The summed E-state index contributed by atoms with van der Waals surface area (Å²) < 4.78 is 4.59. The molecule has 0 aliphatic rings. The van der Waals surface area contributed by atoms with E-state index in [0.717, 1.165) is 0 Å². The number of rotatable bonds is 3. The number of allylic oxidation sites excluding steroid dienone is 1. The molecule has 0 N–H and O–H groups in total. The summed E-state index contributed by atoms with van der Waals surface area (Å²) in [7, 11) is 0. The number of hydrogen-bond donors (Lipinski definition) is 0. The molecule has 0 saturated heterocycles. The lowest BCUT2D eigenvalue weighted by atomic mass is 10.3. The third kappa shape index (κ3) is 3.21.